The van der Waals surface area contributed by atoms with Crippen LogP contribution in [-0.4, -0.2) is 43.9 Å². The van der Waals surface area contributed by atoms with Crippen molar-refractivity contribution in [2.45, 2.75) is 69.6 Å². The first-order valence-corrected chi connectivity index (χ1v) is 15.9. The molecule has 2 aromatic rings. The smallest absolute Gasteiger partial charge is 0.631 e. The van der Waals surface area contributed by atoms with Crippen LogP contribution in [0.15, 0.2) is 48.6 Å². The zero-order chi connectivity index (χ0) is 28.3. The number of fused-ring (bicyclic) bond motifs is 2. The van der Waals surface area contributed by atoms with Crippen molar-refractivity contribution in [3.05, 3.63) is 69.4 Å². The van der Waals surface area contributed by atoms with Gasteiger partial charge in [0.25, 0.3) is 0 Å². The van der Waals surface area contributed by atoms with Gasteiger partial charge in [0.2, 0.25) is 0 Å². The molecule has 3 aliphatic rings. The average molecular weight is 621 g/mol. The normalized spacial score (nSPS) is 30.5. The molecule has 1 fully saturated rings. The van der Waals surface area contributed by atoms with Crippen LogP contribution in [0.5, 0.6) is 5.75 Å². The van der Waals surface area contributed by atoms with E-state index in [1.807, 2.05) is 12.1 Å². The molecule has 5 nitrogen and oxygen atoms in total. The standard InChI is InChI=1S/C33H42ClN2O3S.K/c1-5-7-24-16-27(34)10-12-29(24)26-19-36-18-25-9-13-30(25)33(21-37,38-4)15-6-8-22(2)23(3)40-35-28-11-14-32(39-20-26)31(36)17-28;/h6,10-12,14-17,21-23,25-26,30H,5,7-9,13,18-20H2,1-4H3;/q-1;+1/b15-6+;. The van der Waals surface area contributed by atoms with Gasteiger partial charge in [-0.3, -0.25) is 16.7 Å². The summed E-state index contributed by atoms with van der Waals surface area (Å²) in [5.41, 5.74) is 3.77. The number of aldehydes is 1. The van der Waals surface area contributed by atoms with Crippen molar-refractivity contribution in [3.8, 4) is 5.75 Å². The molecule has 0 N–H and O–H groups in total. The maximum absolute atomic E-state index is 12.6. The third kappa shape index (κ3) is 7.42. The minimum absolute atomic E-state index is 0. The molecule has 216 valence electrons. The molecule has 6 atom stereocenters. The van der Waals surface area contributed by atoms with Crippen LogP contribution in [0.2, 0.25) is 5.02 Å². The third-order valence-corrected chi connectivity index (χ3v) is 10.6. The Morgan fingerprint density at radius 2 is 2.02 bits per heavy atom. The fraction of sp³-hybridized carbons (Fsp3) is 0.545. The van der Waals surface area contributed by atoms with Gasteiger partial charge in [-0.05, 0) is 84.2 Å². The second-order valence-electron chi connectivity index (χ2n) is 11.8. The summed E-state index contributed by atoms with van der Waals surface area (Å²) in [6.45, 7) is 8.94. The molecule has 0 amide bonds. The number of hydrogen-bond acceptors (Lipinski definition) is 5. The van der Waals surface area contributed by atoms with Crippen molar-refractivity contribution in [2.24, 2.45) is 17.8 Å². The molecule has 5 rings (SSSR count). The van der Waals surface area contributed by atoms with Crippen LogP contribution in [0.3, 0.4) is 0 Å². The molecule has 0 saturated heterocycles. The first-order chi connectivity index (χ1) is 19.4. The van der Waals surface area contributed by atoms with E-state index >= 15 is 0 Å². The number of hydrogen-bond donors (Lipinski definition) is 0. The van der Waals surface area contributed by atoms with Crippen LogP contribution < -0.4 is 61.0 Å². The molecule has 2 aliphatic heterocycles. The Morgan fingerprint density at radius 1 is 1.20 bits per heavy atom. The van der Waals surface area contributed by atoms with Gasteiger partial charge in [-0.2, -0.15) is 0 Å². The molecule has 0 spiro atoms. The van der Waals surface area contributed by atoms with E-state index in [9.17, 15) is 4.79 Å². The summed E-state index contributed by atoms with van der Waals surface area (Å²) < 4.78 is 17.4. The monoisotopic (exact) mass is 620 g/mol. The number of anilines is 1. The quantitative estimate of drug-likeness (QED) is 0.191. The third-order valence-electron chi connectivity index (χ3n) is 9.23. The number of rotatable bonds is 5. The van der Waals surface area contributed by atoms with E-state index in [-0.39, 0.29) is 63.2 Å². The van der Waals surface area contributed by atoms with Crippen LogP contribution >= 0.6 is 23.5 Å². The summed E-state index contributed by atoms with van der Waals surface area (Å²) in [5, 5.41) is 1.11. The van der Waals surface area contributed by atoms with Crippen molar-refractivity contribution in [3.63, 3.8) is 0 Å². The van der Waals surface area contributed by atoms with Gasteiger partial charge >= 0.3 is 51.4 Å². The van der Waals surface area contributed by atoms with Gasteiger partial charge in [-0.1, -0.05) is 57.0 Å². The number of nitrogens with zero attached hydrogens (tertiary/aromatic N) is 2. The summed E-state index contributed by atoms with van der Waals surface area (Å²) >= 11 is 8.04. The van der Waals surface area contributed by atoms with Crippen LogP contribution in [0.25, 0.3) is 4.72 Å². The fourth-order valence-corrected chi connectivity index (χ4v) is 7.36. The number of benzene rings is 2. The van der Waals surface area contributed by atoms with Crippen molar-refractivity contribution in [1.29, 1.82) is 0 Å². The topological polar surface area (TPSA) is 52.9 Å². The molecular formula is C33H42ClKN2O3S. The predicted octanol–water partition coefficient (Wildman–Crippen LogP) is 5.53. The number of carbonyl (C=O) groups is 1. The Morgan fingerprint density at radius 3 is 2.73 bits per heavy atom. The SMILES string of the molecule is CCCc1cc(Cl)ccc1C1COc2ccc3cc2N(C1)CC1CCC1C(C=O)(OC)/C=C/CC(C)C(C)S[N-]3.[K+]. The summed E-state index contributed by atoms with van der Waals surface area (Å²) in [6.07, 6.45) is 10.2. The molecule has 8 heteroatoms. The maximum Gasteiger partial charge on any atom is 1.00 e. The zero-order valence-corrected chi connectivity index (χ0v) is 29.8. The number of methoxy groups -OCH3 is 1. The van der Waals surface area contributed by atoms with Crippen LogP contribution in [0.4, 0.5) is 11.4 Å². The predicted molar refractivity (Wildman–Crippen MR) is 167 cm³/mol. The number of halogens is 1. The van der Waals surface area contributed by atoms with E-state index in [1.165, 1.54) is 11.1 Å². The molecule has 2 aromatic carbocycles. The van der Waals surface area contributed by atoms with Gasteiger partial charge in [-0.25, -0.2) is 0 Å². The summed E-state index contributed by atoms with van der Waals surface area (Å²) in [7, 11) is 1.68. The molecule has 2 heterocycles. The Labute approximate surface area is 298 Å². The van der Waals surface area contributed by atoms with Gasteiger partial charge < -0.3 is 19.1 Å². The number of aryl methyl sites for hydroxylation is 1. The van der Waals surface area contributed by atoms with Gasteiger partial charge in [-0.15, -0.1) is 5.69 Å². The molecule has 6 unspecified atom stereocenters. The molecule has 1 saturated carbocycles. The molecule has 1 aliphatic carbocycles. The van der Waals surface area contributed by atoms with Gasteiger partial charge in [0.15, 0.2) is 6.29 Å². The first kappa shape index (κ1) is 33.4. The summed E-state index contributed by atoms with van der Waals surface area (Å²) in [6, 6.07) is 12.6. The fourth-order valence-electron chi connectivity index (χ4n) is 6.45. The largest absolute Gasteiger partial charge is 1.00 e. The van der Waals surface area contributed by atoms with Crippen LogP contribution in [0, 0.1) is 17.8 Å². The van der Waals surface area contributed by atoms with Gasteiger partial charge in [0.05, 0.1) is 12.3 Å². The Kier molecular flexibility index (Phi) is 12.2. The Hall–Kier alpha value is -0.514. The minimum atomic E-state index is -0.888. The van der Waals surface area contributed by atoms with Crippen molar-refractivity contribution < 1.29 is 65.7 Å². The van der Waals surface area contributed by atoms with Gasteiger partial charge in [0.1, 0.15) is 11.4 Å². The molecule has 2 bridgehead atoms. The Bertz CT molecular complexity index is 1230. The van der Waals surface area contributed by atoms with E-state index < -0.39 is 5.60 Å². The van der Waals surface area contributed by atoms with Crippen LogP contribution in [-0.2, 0) is 16.0 Å². The minimum Gasteiger partial charge on any atom is -0.631 e. The molecular weight excluding hydrogens is 579 g/mol. The van der Waals surface area contributed by atoms with Crippen molar-refractivity contribution >= 4 is 41.2 Å². The van der Waals surface area contributed by atoms with E-state index in [0.717, 1.165) is 73.6 Å². The molecule has 0 radical (unpaired) electrons. The van der Waals surface area contributed by atoms with Crippen molar-refractivity contribution in [1.82, 2.24) is 0 Å². The van der Waals surface area contributed by atoms with E-state index in [1.54, 1.807) is 19.1 Å². The van der Waals surface area contributed by atoms with Crippen molar-refractivity contribution in [2.75, 3.05) is 31.7 Å². The molecule has 0 aromatic heterocycles. The van der Waals surface area contributed by atoms with E-state index in [2.05, 4.69) is 62.1 Å². The second kappa shape index (κ2) is 15.0. The summed E-state index contributed by atoms with van der Waals surface area (Å²) in [5.74, 6) is 1.97. The number of allylic oxidation sites excluding steroid dienone is 1. The molecule has 41 heavy (non-hydrogen) atoms. The maximum atomic E-state index is 12.6. The van der Waals surface area contributed by atoms with Gasteiger partial charge in [0, 0.05) is 37.1 Å². The second-order valence-corrected chi connectivity index (χ2v) is 13.4. The van der Waals surface area contributed by atoms with Crippen LogP contribution in [0.1, 0.15) is 63.5 Å². The zero-order valence-electron chi connectivity index (χ0n) is 25.1. The van der Waals surface area contributed by atoms with E-state index in [0.29, 0.717) is 23.7 Å². The van der Waals surface area contributed by atoms with E-state index in [4.69, 9.17) is 25.8 Å². The number of ether oxygens (including phenoxy) is 2. The summed E-state index contributed by atoms with van der Waals surface area (Å²) in [4.78, 5) is 15.1. The Balaban J connectivity index is 0.00000387. The first-order valence-electron chi connectivity index (χ1n) is 14.7. The number of carbonyl (C=O) groups excluding carboxylic acids is 1. The average Bonchev–Trinajstić information content (AvgIpc) is 3.12.